The number of carbonyl (C=O) groups is 1. The van der Waals surface area contributed by atoms with Gasteiger partial charge in [-0.15, -0.1) is 0 Å². The molecule has 0 saturated carbocycles. The maximum atomic E-state index is 12.3. The zero-order valence-electron chi connectivity index (χ0n) is 13.0. The van der Waals surface area contributed by atoms with Gasteiger partial charge in [0, 0.05) is 24.8 Å². The largest absolute Gasteiger partial charge is 0.389 e. The topological polar surface area (TPSA) is 55.8 Å². The fourth-order valence-corrected chi connectivity index (χ4v) is 2.61. The summed E-state index contributed by atoms with van der Waals surface area (Å²) in [7, 11) is 4.11. The Kier molecular flexibility index (Phi) is 5.20. The van der Waals surface area contributed by atoms with E-state index in [4.69, 9.17) is 0 Å². The fourth-order valence-electron chi connectivity index (χ4n) is 2.61. The van der Waals surface area contributed by atoms with Crippen molar-refractivity contribution in [2.24, 2.45) is 0 Å². The van der Waals surface area contributed by atoms with Gasteiger partial charge in [-0.2, -0.15) is 0 Å². The van der Waals surface area contributed by atoms with Gasteiger partial charge in [0.1, 0.15) is 0 Å². The van der Waals surface area contributed by atoms with Crippen LogP contribution in [0.3, 0.4) is 0 Å². The zero-order chi connectivity index (χ0) is 15.4. The van der Waals surface area contributed by atoms with E-state index < -0.39 is 6.10 Å². The van der Waals surface area contributed by atoms with E-state index in [1.165, 1.54) is 0 Å². The monoisotopic (exact) mass is 291 g/mol. The summed E-state index contributed by atoms with van der Waals surface area (Å²) in [6.45, 7) is 3.30. The molecule has 0 radical (unpaired) electrons. The summed E-state index contributed by atoms with van der Waals surface area (Å²) < 4.78 is 0. The molecule has 2 N–H and O–H groups in total. The van der Waals surface area contributed by atoms with Crippen molar-refractivity contribution in [3.8, 4) is 0 Å². The standard InChI is InChI=1S/C16H25N3O2/c1-12(20)13-6-8-14(9-7-13)17-16(21)19-10-4-5-15(11-19)18(2)3/h6-9,12,15,20H,4-5,10-11H2,1-3H3,(H,17,21). The van der Waals surface area contributed by atoms with Crippen molar-refractivity contribution in [3.05, 3.63) is 29.8 Å². The first-order valence-corrected chi connectivity index (χ1v) is 7.47. The first kappa shape index (κ1) is 15.8. The van der Waals surface area contributed by atoms with Gasteiger partial charge in [-0.05, 0) is 51.6 Å². The van der Waals surface area contributed by atoms with Crippen LogP contribution in [-0.4, -0.2) is 54.2 Å². The lowest BCUT2D eigenvalue weighted by atomic mass is 10.1. The molecule has 2 atom stereocenters. The van der Waals surface area contributed by atoms with Crippen molar-refractivity contribution >= 4 is 11.7 Å². The van der Waals surface area contributed by atoms with Crippen molar-refractivity contribution in [1.29, 1.82) is 0 Å². The number of piperidine rings is 1. The molecule has 1 aromatic carbocycles. The molecule has 0 aliphatic carbocycles. The summed E-state index contributed by atoms with van der Waals surface area (Å²) in [6.07, 6.45) is 1.69. The van der Waals surface area contributed by atoms with Crippen molar-refractivity contribution < 1.29 is 9.90 Å². The number of aliphatic hydroxyl groups excluding tert-OH is 1. The minimum atomic E-state index is -0.488. The molecule has 0 spiro atoms. The summed E-state index contributed by atoms with van der Waals surface area (Å²) in [5, 5.41) is 12.4. The molecule has 5 heteroatoms. The highest BCUT2D eigenvalue weighted by Crippen LogP contribution is 2.18. The first-order chi connectivity index (χ1) is 9.97. The van der Waals surface area contributed by atoms with Crippen LogP contribution >= 0.6 is 0 Å². The number of carbonyl (C=O) groups excluding carboxylic acids is 1. The number of nitrogens with one attached hydrogen (secondary N) is 1. The molecule has 2 unspecified atom stereocenters. The van der Waals surface area contributed by atoms with Crippen LogP contribution in [0.15, 0.2) is 24.3 Å². The quantitative estimate of drug-likeness (QED) is 0.898. The van der Waals surface area contributed by atoms with Gasteiger partial charge < -0.3 is 20.2 Å². The third-order valence-electron chi connectivity index (χ3n) is 4.06. The summed E-state index contributed by atoms with van der Waals surface area (Å²) in [5.41, 5.74) is 1.61. The number of benzene rings is 1. The molecule has 5 nitrogen and oxygen atoms in total. The Hall–Kier alpha value is -1.59. The zero-order valence-corrected chi connectivity index (χ0v) is 13.0. The van der Waals surface area contributed by atoms with Gasteiger partial charge >= 0.3 is 6.03 Å². The lowest BCUT2D eigenvalue weighted by molar-refractivity contribution is 0.148. The summed E-state index contributed by atoms with van der Waals surface area (Å²) in [4.78, 5) is 16.4. The summed E-state index contributed by atoms with van der Waals surface area (Å²) in [5.74, 6) is 0. The summed E-state index contributed by atoms with van der Waals surface area (Å²) in [6, 6.07) is 7.70. The fraction of sp³-hybridized carbons (Fsp3) is 0.562. The molecule has 1 saturated heterocycles. The highest BCUT2D eigenvalue weighted by atomic mass is 16.3. The minimum Gasteiger partial charge on any atom is -0.389 e. The highest BCUT2D eigenvalue weighted by Gasteiger charge is 2.24. The molecule has 116 valence electrons. The number of anilines is 1. The molecule has 1 fully saturated rings. The maximum absolute atomic E-state index is 12.3. The number of rotatable bonds is 3. The number of likely N-dealkylation sites (tertiary alicyclic amines) is 1. The smallest absolute Gasteiger partial charge is 0.321 e. The van der Waals surface area contributed by atoms with Gasteiger partial charge in [0.15, 0.2) is 0 Å². The van der Waals surface area contributed by atoms with Gasteiger partial charge in [-0.3, -0.25) is 0 Å². The Balaban J connectivity index is 1.94. The number of likely N-dealkylation sites (N-methyl/N-ethyl adjacent to an activating group) is 1. The average molecular weight is 291 g/mol. The number of hydrogen-bond acceptors (Lipinski definition) is 3. The lowest BCUT2D eigenvalue weighted by Gasteiger charge is -2.36. The number of urea groups is 1. The molecular weight excluding hydrogens is 266 g/mol. The van der Waals surface area contributed by atoms with Crippen molar-refractivity contribution in [2.45, 2.75) is 31.9 Å². The third kappa shape index (κ3) is 4.19. The molecule has 1 aromatic rings. The van der Waals surface area contributed by atoms with Gasteiger partial charge in [0.05, 0.1) is 6.10 Å². The minimum absolute atomic E-state index is 0.0497. The van der Waals surface area contributed by atoms with E-state index in [9.17, 15) is 9.90 Å². The van der Waals surface area contributed by atoms with Crippen LogP contribution in [0.2, 0.25) is 0 Å². The number of amides is 2. The Bertz CT molecular complexity index is 471. The number of nitrogens with zero attached hydrogens (tertiary/aromatic N) is 2. The van der Waals surface area contributed by atoms with Crippen LogP contribution < -0.4 is 5.32 Å². The Morgan fingerprint density at radius 3 is 2.62 bits per heavy atom. The SMILES string of the molecule is CC(O)c1ccc(NC(=O)N2CCCC(N(C)C)C2)cc1. The predicted octanol–water partition coefficient (Wildman–Crippen LogP) is 2.30. The van der Waals surface area contributed by atoms with Gasteiger partial charge in [0.2, 0.25) is 0 Å². The number of aliphatic hydroxyl groups is 1. The van der Waals surface area contributed by atoms with E-state index in [2.05, 4.69) is 24.3 Å². The van der Waals surface area contributed by atoms with Gasteiger partial charge in [-0.1, -0.05) is 12.1 Å². The van der Waals surface area contributed by atoms with Crippen LogP contribution in [0.25, 0.3) is 0 Å². The van der Waals surface area contributed by atoms with Gasteiger partial charge in [0.25, 0.3) is 0 Å². The Labute approximate surface area is 126 Å². The molecule has 21 heavy (non-hydrogen) atoms. The van der Waals surface area contributed by atoms with E-state index in [0.29, 0.717) is 6.04 Å². The second-order valence-electron chi connectivity index (χ2n) is 5.93. The molecule has 0 bridgehead atoms. The van der Waals surface area contributed by atoms with Crippen LogP contribution in [0.1, 0.15) is 31.4 Å². The molecule has 1 aliphatic heterocycles. The summed E-state index contributed by atoms with van der Waals surface area (Å²) >= 11 is 0. The second-order valence-corrected chi connectivity index (χ2v) is 5.93. The normalized spacial score (nSPS) is 20.4. The number of hydrogen-bond donors (Lipinski definition) is 2. The molecule has 0 aromatic heterocycles. The molecular formula is C16H25N3O2. The highest BCUT2D eigenvalue weighted by molar-refractivity contribution is 5.89. The van der Waals surface area contributed by atoms with E-state index in [1.807, 2.05) is 29.2 Å². The van der Waals surface area contributed by atoms with Crippen LogP contribution in [0.5, 0.6) is 0 Å². The van der Waals surface area contributed by atoms with Crippen molar-refractivity contribution in [3.63, 3.8) is 0 Å². The van der Waals surface area contributed by atoms with Gasteiger partial charge in [-0.25, -0.2) is 4.79 Å². The average Bonchev–Trinajstić information content (AvgIpc) is 2.48. The second kappa shape index (κ2) is 6.91. The first-order valence-electron chi connectivity index (χ1n) is 7.47. The Morgan fingerprint density at radius 1 is 1.38 bits per heavy atom. The maximum Gasteiger partial charge on any atom is 0.321 e. The molecule has 1 heterocycles. The van der Waals surface area contributed by atoms with Crippen LogP contribution in [-0.2, 0) is 0 Å². The van der Waals surface area contributed by atoms with E-state index in [1.54, 1.807) is 6.92 Å². The van der Waals surface area contributed by atoms with Crippen LogP contribution in [0, 0.1) is 0 Å². The van der Waals surface area contributed by atoms with E-state index >= 15 is 0 Å². The lowest BCUT2D eigenvalue weighted by Crippen LogP contribution is -2.48. The van der Waals surface area contributed by atoms with Crippen molar-refractivity contribution in [2.75, 3.05) is 32.5 Å². The van der Waals surface area contributed by atoms with Crippen LogP contribution in [0.4, 0.5) is 10.5 Å². The van der Waals surface area contributed by atoms with E-state index in [0.717, 1.165) is 37.2 Å². The molecule has 2 rings (SSSR count). The molecule has 1 aliphatic rings. The molecule has 2 amide bonds. The Morgan fingerprint density at radius 2 is 2.05 bits per heavy atom. The third-order valence-corrected chi connectivity index (χ3v) is 4.06. The predicted molar refractivity (Wildman–Crippen MR) is 84.4 cm³/mol. The van der Waals surface area contributed by atoms with E-state index in [-0.39, 0.29) is 6.03 Å². The van der Waals surface area contributed by atoms with Crippen molar-refractivity contribution in [1.82, 2.24) is 9.80 Å².